The number of nitrogens with one attached hydrogen (secondary N) is 1. The Morgan fingerprint density at radius 1 is 1.44 bits per heavy atom. The van der Waals surface area contributed by atoms with Crippen LogP contribution >= 0.6 is 0 Å². The van der Waals surface area contributed by atoms with Crippen LogP contribution in [0.2, 0.25) is 0 Å². The molecule has 2 nitrogen and oxygen atoms in total. The third-order valence-corrected chi connectivity index (χ3v) is 3.19. The van der Waals surface area contributed by atoms with Crippen molar-refractivity contribution in [3.05, 3.63) is 29.8 Å². The van der Waals surface area contributed by atoms with E-state index in [1.165, 1.54) is 24.1 Å². The van der Waals surface area contributed by atoms with Gasteiger partial charge in [-0.15, -0.1) is 0 Å². The van der Waals surface area contributed by atoms with E-state index < -0.39 is 0 Å². The fourth-order valence-corrected chi connectivity index (χ4v) is 2.28. The number of benzene rings is 1. The van der Waals surface area contributed by atoms with Crippen molar-refractivity contribution in [2.45, 2.75) is 45.3 Å². The summed E-state index contributed by atoms with van der Waals surface area (Å²) in [5, 5.41) is 3.56. The van der Waals surface area contributed by atoms with Crippen molar-refractivity contribution in [1.82, 2.24) is 0 Å². The summed E-state index contributed by atoms with van der Waals surface area (Å²) in [6, 6.07) is 8.91. The van der Waals surface area contributed by atoms with E-state index in [2.05, 4.69) is 43.4 Å². The average molecular weight is 219 g/mol. The van der Waals surface area contributed by atoms with Crippen LogP contribution in [0, 0.1) is 6.92 Å². The van der Waals surface area contributed by atoms with Crippen LogP contribution in [0.1, 0.15) is 31.7 Å². The highest BCUT2D eigenvalue weighted by Crippen LogP contribution is 2.20. The van der Waals surface area contributed by atoms with Crippen molar-refractivity contribution >= 4 is 5.69 Å². The maximum absolute atomic E-state index is 5.65. The number of hydrogen-bond donors (Lipinski definition) is 1. The fraction of sp³-hybridized carbons (Fsp3) is 0.571. The van der Waals surface area contributed by atoms with Gasteiger partial charge in [-0.25, -0.2) is 0 Å². The van der Waals surface area contributed by atoms with Crippen molar-refractivity contribution in [2.75, 3.05) is 11.9 Å². The molecular weight excluding hydrogens is 198 g/mol. The van der Waals surface area contributed by atoms with Gasteiger partial charge in [-0.05, 0) is 44.7 Å². The van der Waals surface area contributed by atoms with Crippen LogP contribution in [-0.4, -0.2) is 18.8 Å². The zero-order valence-electron chi connectivity index (χ0n) is 10.2. The number of ether oxygens (including phenoxy) is 1. The summed E-state index contributed by atoms with van der Waals surface area (Å²) in [4.78, 5) is 0. The number of para-hydroxylation sites is 1. The molecule has 0 amide bonds. The van der Waals surface area contributed by atoms with Gasteiger partial charge in [0.15, 0.2) is 0 Å². The molecule has 2 rings (SSSR count). The second-order valence-electron chi connectivity index (χ2n) is 4.73. The second-order valence-corrected chi connectivity index (χ2v) is 4.73. The van der Waals surface area contributed by atoms with Crippen molar-refractivity contribution in [3.63, 3.8) is 0 Å². The van der Waals surface area contributed by atoms with Gasteiger partial charge in [0.05, 0.1) is 6.10 Å². The summed E-state index contributed by atoms with van der Waals surface area (Å²) in [5.74, 6) is 0. The van der Waals surface area contributed by atoms with Crippen molar-refractivity contribution in [1.29, 1.82) is 0 Å². The molecule has 1 fully saturated rings. The highest BCUT2D eigenvalue weighted by atomic mass is 16.5. The Morgan fingerprint density at radius 2 is 2.25 bits per heavy atom. The zero-order valence-corrected chi connectivity index (χ0v) is 10.2. The molecule has 2 heteroatoms. The number of hydrogen-bond acceptors (Lipinski definition) is 2. The Balaban J connectivity index is 1.86. The first kappa shape index (κ1) is 11.5. The molecule has 2 atom stereocenters. The highest BCUT2D eigenvalue weighted by Gasteiger charge is 2.18. The van der Waals surface area contributed by atoms with Gasteiger partial charge in [-0.3, -0.25) is 0 Å². The molecule has 0 saturated carbocycles. The third kappa shape index (κ3) is 2.99. The summed E-state index contributed by atoms with van der Waals surface area (Å²) >= 11 is 0. The minimum absolute atomic E-state index is 0.464. The predicted molar refractivity (Wildman–Crippen MR) is 67.9 cm³/mol. The van der Waals surface area contributed by atoms with Gasteiger partial charge < -0.3 is 10.1 Å². The third-order valence-electron chi connectivity index (χ3n) is 3.19. The molecule has 0 aromatic heterocycles. The first-order valence-corrected chi connectivity index (χ1v) is 6.19. The van der Waals surface area contributed by atoms with Gasteiger partial charge in [0.25, 0.3) is 0 Å². The van der Waals surface area contributed by atoms with Gasteiger partial charge in [0.2, 0.25) is 0 Å². The van der Waals surface area contributed by atoms with Crippen LogP contribution in [0.3, 0.4) is 0 Å². The Labute approximate surface area is 98.0 Å². The normalized spacial score (nSPS) is 22.0. The van der Waals surface area contributed by atoms with Crippen LogP contribution in [0.15, 0.2) is 24.3 Å². The molecule has 88 valence electrons. The minimum atomic E-state index is 0.464. The number of rotatable bonds is 4. The Morgan fingerprint density at radius 3 is 2.94 bits per heavy atom. The van der Waals surface area contributed by atoms with Crippen LogP contribution < -0.4 is 5.32 Å². The summed E-state index contributed by atoms with van der Waals surface area (Å²) in [6.45, 7) is 5.32. The lowest BCUT2D eigenvalue weighted by atomic mass is 10.1. The van der Waals surface area contributed by atoms with Crippen molar-refractivity contribution in [2.24, 2.45) is 0 Å². The molecule has 1 saturated heterocycles. The van der Waals surface area contributed by atoms with Crippen LogP contribution in [-0.2, 0) is 4.74 Å². The standard InChI is InChI=1S/C14H21NO/c1-11-6-3-4-8-14(11)15-12(2)10-13-7-5-9-16-13/h3-4,6,8,12-13,15H,5,7,9-10H2,1-2H3. The van der Waals surface area contributed by atoms with Gasteiger partial charge in [-0.2, -0.15) is 0 Å². The van der Waals surface area contributed by atoms with E-state index in [0.29, 0.717) is 12.1 Å². The van der Waals surface area contributed by atoms with E-state index in [0.717, 1.165) is 13.0 Å². The van der Waals surface area contributed by atoms with Crippen molar-refractivity contribution < 1.29 is 4.74 Å². The second kappa shape index (κ2) is 5.35. The smallest absolute Gasteiger partial charge is 0.0595 e. The number of aryl methyl sites for hydroxylation is 1. The van der Waals surface area contributed by atoms with Crippen LogP contribution in [0.25, 0.3) is 0 Å². The van der Waals surface area contributed by atoms with E-state index in [9.17, 15) is 0 Å². The molecule has 2 unspecified atom stereocenters. The van der Waals surface area contributed by atoms with Crippen LogP contribution in [0.4, 0.5) is 5.69 Å². The van der Waals surface area contributed by atoms with Gasteiger partial charge in [-0.1, -0.05) is 18.2 Å². The number of anilines is 1. The first-order valence-electron chi connectivity index (χ1n) is 6.19. The minimum Gasteiger partial charge on any atom is -0.382 e. The van der Waals surface area contributed by atoms with E-state index in [4.69, 9.17) is 4.74 Å². The van der Waals surface area contributed by atoms with Gasteiger partial charge >= 0.3 is 0 Å². The lowest BCUT2D eigenvalue weighted by Crippen LogP contribution is -2.22. The van der Waals surface area contributed by atoms with Gasteiger partial charge in [0.1, 0.15) is 0 Å². The molecule has 1 aromatic carbocycles. The Hall–Kier alpha value is -1.02. The maximum Gasteiger partial charge on any atom is 0.0595 e. The van der Waals surface area contributed by atoms with E-state index in [1.54, 1.807) is 0 Å². The SMILES string of the molecule is Cc1ccccc1NC(C)CC1CCCO1. The summed E-state index contributed by atoms with van der Waals surface area (Å²) in [5.41, 5.74) is 2.55. The molecule has 1 aliphatic rings. The van der Waals surface area contributed by atoms with Crippen molar-refractivity contribution in [3.8, 4) is 0 Å². The first-order chi connectivity index (χ1) is 7.75. The maximum atomic E-state index is 5.65. The summed E-state index contributed by atoms with van der Waals surface area (Å²) < 4.78 is 5.65. The largest absolute Gasteiger partial charge is 0.382 e. The Kier molecular flexibility index (Phi) is 3.83. The average Bonchev–Trinajstić information content (AvgIpc) is 2.74. The molecule has 1 aliphatic heterocycles. The molecular formula is C14H21NO. The van der Waals surface area contributed by atoms with Gasteiger partial charge in [0, 0.05) is 18.3 Å². The Bertz CT molecular complexity index is 331. The molecule has 1 N–H and O–H groups in total. The van der Waals surface area contributed by atoms with E-state index in [1.807, 2.05) is 0 Å². The van der Waals surface area contributed by atoms with E-state index >= 15 is 0 Å². The predicted octanol–water partition coefficient (Wildman–Crippen LogP) is 3.36. The lowest BCUT2D eigenvalue weighted by Gasteiger charge is -2.19. The molecule has 0 bridgehead atoms. The topological polar surface area (TPSA) is 21.3 Å². The molecule has 1 aromatic rings. The quantitative estimate of drug-likeness (QED) is 0.838. The van der Waals surface area contributed by atoms with E-state index in [-0.39, 0.29) is 0 Å². The molecule has 16 heavy (non-hydrogen) atoms. The van der Waals surface area contributed by atoms with Crippen LogP contribution in [0.5, 0.6) is 0 Å². The molecule has 0 radical (unpaired) electrons. The molecule has 1 heterocycles. The summed E-state index contributed by atoms with van der Waals surface area (Å²) in [7, 11) is 0. The monoisotopic (exact) mass is 219 g/mol. The fourth-order valence-electron chi connectivity index (χ4n) is 2.28. The lowest BCUT2D eigenvalue weighted by molar-refractivity contribution is 0.101. The molecule has 0 spiro atoms. The zero-order chi connectivity index (χ0) is 11.4. The summed E-state index contributed by atoms with van der Waals surface area (Å²) in [6.07, 6.45) is 4.02. The molecule has 0 aliphatic carbocycles. The highest BCUT2D eigenvalue weighted by molar-refractivity contribution is 5.50.